The number of hydrogen-bond donors (Lipinski definition) is 0. The molecule has 70 heavy (non-hydrogen) atoms. The first-order valence-electron chi connectivity index (χ1n) is 24.4. The average Bonchev–Trinajstić information content (AvgIpc) is 4.04. The molecule has 1 aromatic heterocycles. The lowest BCUT2D eigenvalue weighted by Crippen LogP contribution is -2.28. The molecule has 330 valence electrons. The van der Waals surface area contributed by atoms with Crippen molar-refractivity contribution in [2.75, 3.05) is 4.90 Å². The van der Waals surface area contributed by atoms with Crippen LogP contribution in [0.15, 0.2) is 253 Å². The number of nitrogens with zero attached hydrogens (tertiary/aromatic N) is 1. The van der Waals surface area contributed by atoms with Gasteiger partial charge in [0, 0.05) is 32.9 Å². The quantitative estimate of drug-likeness (QED) is 0.158. The minimum Gasteiger partial charge on any atom is -0.453 e. The van der Waals surface area contributed by atoms with Crippen molar-refractivity contribution < 1.29 is 4.42 Å². The molecule has 2 nitrogen and oxygen atoms in total. The zero-order valence-electron chi connectivity index (χ0n) is 39.0. The molecule has 0 N–H and O–H groups in total. The van der Waals surface area contributed by atoms with Gasteiger partial charge in [0.05, 0.1) is 11.1 Å². The van der Waals surface area contributed by atoms with Crippen LogP contribution in [0.4, 0.5) is 17.1 Å². The largest absolute Gasteiger partial charge is 0.453 e. The van der Waals surface area contributed by atoms with Gasteiger partial charge in [0.15, 0.2) is 5.58 Å². The maximum atomic E-state index is 7.04. The van der Waals surface area contributed by atoms with Crippen LogP contribution in [0, 0.1) is 0 Å². The van der Waals surface area contributed by atoms with Crippen molar-refractivity contribution in [2.45, 2.75) is 24.7 Å². The predicted octanol–water partition coefficient (Wildman–Crippen LogP) is 18.2. The van der Waals surface area contributed by atoms with Gasteiger partial charge in [0.2, 0.25) is 0 Å². The highest BCUT2D eigenvalue weighted by molar-refractivity contribution is 6.17. The molecular formula is C68H47NO. The van der Waals surface area contributed by atoms with Crippen LogP contribution in [0.2, 0.25) is 0 Å². The van der Waals surface area contributed by atoms with Gasteiger partial charge < -0.3 is 9.32 Å². The molecule has 2 aliphatic carbocycles. The molecule has 0 fully saturated rings. The molecule has 14 rings (SSSR count). The van der Waals surface area contributed by atoms with Crippen LogP contribution in [0.25, 0.3) is 77.2 Å². The lowest BCUT2D eigenvalue weighted by atomic mass is 9.67. The third-order valence-corrected chi connectivity index (χ3v) is 15.6. The van der Waals surface area contributed by atoms with E-state index in [9.17, 15) is 0 Å². The lowest BCUT2D eigenvalue weighted by molar-refractivity contribution is 0.660. The minimum atomic E-state index is -0.469. The van der Waals surface area contributed by atoms with E-state index in [0.29, 0.717) is 0 Å². The summed E-state index contributed by atoms with van der Waals surface area (Å²) in [4.78, 5) is 2.37. The topological polar surface area (TPSA) is 16.4 Å². The summed E-state index contributed by atoms with van der Waals surface area (Å²) in [5.41, 5.74) is 22.2. The third-order valence-electron chi connectivity index (χ3n) is 15.6. The van der Waals surface area contributed by atoms with Gasteiger partial charge in [0.25, 0.3) is 0 Å². The fourth-order valence-corrected chi connectivity index (χ4v) is 12.4. The van der Waals surface area contributed by atoms with Gasteiger partial charge in [-0.3, -0.25) is 0 Å². The summed E-state index contributed by atoms with van der Waals surface area (Å²) in [6.07, 6.45) is 0. The maximum absolute atomic E-state index is 7.04. The van der Waals surface area contributed by atoms with Gasteiger partial charge in [-0.25, -0.2) is 0 Å². The van der Waals surface area contributed by atoms with E-state index in [-0.39, 0.29) is 5.41 Å². The van der Waals surface area contributed by atoms with Gasteiger partial charge in [-0.1, -0.05) is 226 Å². The zero-order chi connectivity index (χ0) is 46.6. The number of rotatable bonds is 7. The second-order valence-electron chi connectivity index (χ2n) is 19.5. The smallest absolute Gasteiger partial charge is 0.159 e. The molecule has 0 bridgehead atoms. The van der Waals surface area contributed by atoms with Crippen LogP contribution in [-0.4, -0.2) is 0 Å². The van der Waals surface area contributed by atoms with Crippen molar-refractivity contribution in [1.29, 1.82) is 0 Å². The Kier molecular flexibility index (Phi) is 8.88. The van der Waals surface area contributed by atoms with E-state index in [4.69, 9.17) is 4.42 Å². The van der Waals surface area contributed by atoms with Crippen LogP contribution < -0.4 is 4.90 Å². The molecule has 0 radical (unpaired) electrons. The highest BCUT2D eigenvalue weighted by Gasteiger charge is 2.46. The Balaban J connectivity index is 0.937. The van der Waals surface area contributed by atoms with E-state index in [0.717, 1.165) is 55.3 Å². The van der Waals surface area contributed by atoms with Crippen molar-refractivity contribution in [3.05, 3.63) is 282 Å². The summed E-state index contributed by atoms with van der Waals surface area (Å²) < 4.78 is 7.04. The Morgan fingerprint density at radius 2 is 0.800 bits per heavy atom. The molecule has 12 aromatic rings. The van der Waals surface area contributed by atoms with Crippen molar-refractivity contribution in [2.24, 2.45) is 0 Å². The van der Waals surface area contributed by atoms with Crippen LogP contribution in [-0.2, 0) is 10.8 Å². The maximum Gasteiger partial charge on any atom is 0.159 e. The summed E-state index contributed by atoms with van der Waals surface area (Å²) >= 11 is 0. The van der Waals surface area contributed by atoms with Crippen LogP contribution in [0.5, 0.6) is 0 Å². The zero-order valence-corrected chi connectivity index (χ0v) is 39.0. The first kappa shape index (κ1) is 40.4. The van der Waals surface area contributed by atoms with Gasteiger partial charge in [-0.15, -0.1) is 0 Å². The number of anilines is 3. The Bertz CT molecular complexity index is 3970. The second kappa shape index (κ2) is 15.4. The fraction of sp³-hybridized carbons (Fsp3) is 0.0588. The van der Waals surface area contributed by atoms with Crippen molar-refractivity contribution in [1.82, 2.24) is 0 Å². The van der Waals surface area contributed by atoms with Gasteiger partial charge in [-0.05, 0) is 120 Å². The molecule has 2 heteroatoms. The van der Waals surface area contributed by atoms with E-state index < -0.39 is 5.41 Å². The first-order chi connectivity index (χ1) is 34.5. The minimum absolute atomic E-state index is 0.0719. The molecule has 0 spiro atoms. The van der Waals surface area contributed by atoms with Crippen molar-refractivity contribution >= 4 is 49.8 Å². The second-order valence-corrected chi connectivity index (χ2v) is 19.5. The van der Waals surface area contributed by atoms with Crippen molar-refractivity contribution in [3.8, 4) is 44.5 Å². The number of fused-ring (bicyclic) bond motifs is 11. The standard InChI is InChI=1S/C68H47NO/c1-67(2)58-29-13-11-24-56(58)63-51(26-15-31-60(63)67)45-34-39-49(40-35-45)69(62-33-17-28-54-55-43-38-44-18-9-10-23-53(44)65(55)70-66(54)62)50-41-36-46(37-42-50)52-27-16-32-61-64(52)57-25-12-14-30-59(57)68(61,47-19-5-3-6-20-47)48-21-7-4-8-22-48/h3-43H,1-2H3. The molecular weight excluding hydrogens is 847 g/mol. The van der Waals surface area contributed by atoms with Gasteiger partial charge in [-0.2, -0.15) is 0 Å². The van der Waals surface area contributed by atoms with Gasteiger partial charge >= 0.3 is 0 Å². The van der Waals surface area contributed by atoms with E-state index in [1.807, 2.05) is 0 Å². The number of furan rings is 1. The van der Waals surface area contributed by atoms with Gasteiger partial charge in [0.1, 0.15) is 5.58 Å². The SMILES string of the molecule is CC1(C)c2ccccc2-c2c(-c3ccc(N(c4ccc(-c5cccc6c5-c5ccccc5C6(c5ccccc5)c5ccccc5)cc4)c4cccc5c4oc4c6ccccc6ccc54)cc3)cccc21. The molecule has 11 aromatic carbocycles. The average molecular weight is 894 g/mol. The fourth-order valence-electron chi connectivity index (χ4n) is 12.4. The third kappa shape index (κ3) is 5.74. The van der Waals surface area contributed by atoms with E-state index in [2.05, 4.69) is 267 Å². The Morgan fingerprint density at radius 1 is 0.329 bits per heavy atom. The number of para-hydroxylation sites is 1. The molecule has 0 aliphatic heterocycles. The summed E-state index contributed by atoms with van der Waals surface area (Å²) in [6.45, 7) is 4.70. The number of benzene rings is 11. The lowest BCUT2D eigenvalue weighted by Gasteiger charge is -2.34. The highest BCUT2D eigenvalue weighted by Crippen LogP contribution is 2.59. The van der Waals surface area contributed by atoms with Crippen LogP contribution in [0.1, 0.15) is 47.2 Å². The Morgan fingerprint density at radius 3 is 1.46 bits per heavy atom. The molecule has 0 atom stereocenters. The molecule has 1 heterocycles. The molecule has 0 amide bonds. The highest BCUT2D eigenvalue weighted by atomic mass is 16.3. The monoisotopic (exact) mass is 893 g/mol. The summed E-state index contributed by atoms with van der Waals surface area (Å²) in [5.74, 6) is 0. The molecule has 0 saturated heterocycles. The van der Waals surface area contributed by atoms with E-state index >= 15 is 0 Å². The summed E-state index contributed by atoms with van der Waals surface area (Å²) in [6, 6.07) is 91.5. The first-order valence-corrected chi connectivity index (χ1v) is 24.4. The number of hydrogen-bond acceptors (Lipinski definition) is 2. The predicted molar refractivity (Wildman–Crippen MR) is 292 cm³/mol. The van der Waals surface area contributed by atoms with Crippen LogP contribution >= 0.6 is 0 Å². The Hall–Kier alpha value is -8.72. The molecule has 0 unspecified atom stereocenters. The van der Waals surface area contributed by atoms with Crippen molar-refractivity contribution in [3.63, 3.8) is 0 Å². The summed E-state index contributed by atoms with van der Waals surface area (Å²) in [5, 5.41) is 4.49. The normalized spacial score (nSPS) is 13.8. The molecule has 0 saturated carbocycles. The van der Waals surface area contributed by atoms with E-state index in [1.165, 1.54) is 72.3 Å². The van der Waals surface area contributed by atoms with E-state index in [1.54, 1.807) is 0 Å². The molecule has 2 aliphatic rings. The Labute approximate surface area is 408 Å². The summed E-state index contributed by atoms with van der Waals surface area (Å²) in [7, 11) is 0. The van der Waals surface area contributed by atoms with Crippen LogP contribution in [0.3, 0.4) is 0 Å².